The molecule has 0 atom stereocenters. The van der Waals surface area contributed by atoms with Gasteiger partial charge in [-0.1, -0.05) is 18.5 Å². The van der Waals surface area contributed by atoms with Gasteiger partial charge >= 0.3 is 0 Å². The zero-order valence-electron chi connectivity index (χ0n) is 15.8. The number of amides is 1. The third kappa shape index (κ3) is 4.67. The van der Waals surface area contributed by atoms with Crippen molar-refractivity contribution in [3.05, 3.63) is 40.9 Å². The van der Waals surface area contributed by atoms with Crippen LogP contribution in [0.15, 0.2) is 35.2 Å². The molecular formula is C18H21ClN2O6S. The number of hydrogen-bond donors (Lipinski definition) is 2. The summed E-state index contributed by atoms with van der Waals surface area (Å²) in [7, 11) is 0.402. The van der Waals surface area contributed by atoms with E-state index in [0.29, 0.717) is 22.2 Å². The summed E-state index contributed by atoms with van der Waals surface area (Å²) in [6.07, 6.45) is 0. The van der Waals surface area contributed by atoms with Gasteiger partial charge in [0.2, 0.25) is 10.0 Å². The van der Waals surface area contributed by atoms with Crippen molar-refractivity contribution in [1.82, 2.24) is 4.72 Å². The number of ether oxygens (including phenoxy) is 3. The molecule has 0 heterocycles. The number of nitrogens with one attached hydrogen (secondary N) is 2. The minimum Gasteiger partial charge on any atom is -0.495 e. The van der Waals surface area contributed by atoms with Crippen LogP contribution in [0.1, 0.15) is 17.3 Å². The minimum absolute atomic E-state index is 0.119. The molecule has 0 spiro atoms. The topological polar surface area (TPSA) is 103 Å². The molecule has 0 saturated heterocycles. The number of halogens is 1. The molecule has 10 heteroatoms. The molecule has 2 N–H and O–H groups in total. The van der Waals surface area contributed by atoms with E-state index in [1.165, 1.54) is 51.7 Å². The van der Waals surface area contributed by atoms with E-state index in [1.807, 2.05) is 0 Å². The molecule has 152 valence electrons. The second-order valence-corrected chi connectivity index (χ2v) is 7.65. The van der Waals surface area contributed by atoms with Crippen LogP contribution in [0.3, 0.4) is 0 Å². The van der Waals surface area contributed by atoms with E-state index in [1.54, 1.807) is 6.92 Å². The lowest BCUT2D eigenvalue weighted by Crippen LogP contribution is -2.24. The standard InChI is InChI=1S/C18H21ClN2O6S/c1-5-20-28(23,24)17-8-11(6-7-14(17)25-2)18(22)21-13-10-15(26-3)12(19)9-16(13)27-4/h6-10,20H,5H2,1-4H3,(H,21,22). The Morgan fingerprint density at radius 3 is 2.21 bits per heavy atom. The average molecular weight is 429 g/mol. The maximum absolute atomic E-state index is 12.7. The van der Waals surface area contributed by atoms with Gasteiger partial charge < -0.3 is 19.5 Å². The van der Waals surface area contributed by atoms with E-state index in [2.05, 4.69) is 10.0 Å². The van der Waals surface area contributed by atoms with Gasteiger partial charge in [-0.25, -0.2) is 13.1 Å². The lowest BCUT2D eigenvalue weighted by molar-refractivity contribution is 0.102. The predicted molar refractivity (Wildman–Crippen MR) is 106 cm³/mol. The SMILES string of the molecule is CCNS(=O)(=O)c1cc(C(=O)Nc2cc(OC)c(Cl)cc2OC)ccc1OC. The number of anilines is 1. The van der Waals surface area contributed by atoms with Crippen molar-refractivity contribution in [3.8, 4) is 17.2 Å². The first-order valence-electron chi connectivity index (χ1n) is 8.18. The Balaban J connectivity index is 2.43. The van der Waals surface area contributed by atoms with Crippen molar-refractivity contribution >= 4 is 33.2 Å². The van der Waals surface area contributed by atoms with Gasteiger partial charge in [0.05, 0.1) is 32.0 Å². The molecule has 0 unspecified atom stereocenters. The molecular weight excluding hydrogens is 408 g/mol. The maximum atomic E-state index is 12.7. The molecule has 0 aliphatic carbocycles. The Morgan fingerprint density at radius 2 is 1.64 bits per heavy atom. The van der Waals surface area contributed by atoms with Crippen molar-refractivity contribution in [2.45, 2.75) is 11.8 Å². The lowest BCUT2D eigenvalue weighted by Gasteiger charge is -2.14. The molecule has 0 aliphatic heterocycles. The van der Waals surface area contributed by atoms with E-state index >= 15 is 0 Å². The van der Waals surface area contributed by atoms with Gasteiger partial charge in [0.25, 0.3) is 5.91 Å². The number of carbonyl (C=O) groups is 1. The second-order valence-electron chi connectivity index (χ2n) is 5.51. The summed E-state index contributed by atoms with van der Waals surface area (Å²) in [6, 6.07) is 7.13. The van der Waals surface area contributed by atoms with Crippen LogP contribution in [-0.2, 0) is 10.0 Å². The van der Waals surface area contributed by atoms with Crippen LogP contribution in [0.2, 0.25) is 5.02 Å². The Labute approximate surface area is 168 Å². The van der Waals surface area contributed by atoms with Crippen LogP contribution < -0.4 is 24.2 Å². The van der Waals surface area contributed by atoms with E-state index < -0.39 is 15.9 Å². The summed E-state index contributed by atoms with van der Waals surface area (Å²) < 4.78 is 42.7. The molecule has 2 aromatic carbocycles. The number of methoxy groups -OCH3 is 3. The number of hydrogen-bond acceptors (Lipinski definition) is 6. The second kappa shape index (κ2) is 9.13. The van der Waals surface area contributed by atoms with Crippen LogP contribution >= 0.6 is 11.6 Å². The lowest BCUT2D eigenvalue weighted by atomic mass is 10.2. The number of sulfonamides is 1. The quantitative estimate of drug-likeness (QED) is 0.670. The van der Waals surface area contributed by atoms with E-state index in [4.69, 9.17) is 25.8 Å². The fourth-order valence-electron chi connectivity index (χ4n) is 2.45. The molecule has 0 radical (unpaired) electrons. The molecule has 0 saturated carbocycles. The molecule has 2 rings (SSSR count). The Bertz CT molecular complexity index is 978. The van der Waals surface area contributed by atoms with Crippen molar-refractivity contribution in [2.24, 2.45) is 0 Å². The smallest absolute Gasteiger partial charge is 0.255 e. The molecule has 0 fully saturated rings. The summed E-state index contributed by atoms with van der Waals surface area (Å²) in [5.74, 6) is 0.262. The van der Waals surface area contributed by atoms with E-state index in [-0.39, 0.29) is 22.8 Å². The summed E-state index contributed by atoms with van der Waals surface area (Å²) in [5.41, 5.74) is 0.439. The summed E-state index contributed by atoms with van der Waals surface area (Å²) in [4.78, 5) is 12.6. The minimum atomic E-state index is -3.83. The molecule has 1 amide bonds. The first-order valence-corrected chi connectivity index (χ1v) is 10.0. The van der Waals surface area contributed by atoms with Crippen LogP contribution in [0, 0.1) is 0 Å². The number of rotatable bonds is 8. The first-order chi connectivity index (χ1) is 13.3. The normalized spacial score (nSPS) is 11.0. The van der Waals surface area contributed by atoms with Gasteiger partial charge in [-0.3, -0.25) is 4.79 Å². The average Bonchev–Trinajstić information content (AvgIpc) is 2.68. The highest BCUT2D eigenvalue weighted by Crippen LogP contribution is 2.36. The maximum Gasteiger partial charge on any atom is 0.255 e. The van der Waals surface area contributed by atoms with Gasteiger partial charge in [0.1, 0.15) is 22.1 Å². The first kappa shape index (κ1) is 21.8. The number of benzene rings is 2. The molecule has 28 heavy (non-hydrogen) atoms. The summed E-state index contributed by atoms with van der Waals surface area (Å²) in [5, 5.41) is 2.99. The Kier molecular flexibility index (Phi) is 7.11. The molecule has 0 aliphatic rings. The summed E-state index contributed by atoms with van der Waals surface area (Å²) >= 11 is 6.06. The highest BCUT2D eigenvalue weighted by Gasteiger charge is 2.21. The van der Waals surface area contributed by atoms with Crippen molar-refractivity contribution < 1.29 is 27.4 Å². The zero-order valence-corrected chi connectivity index (χ0v) is 17.4. The molecule has 8 nitrogen and oxygen atoms in total. The highest BCUT2D eigenvalue weighted by molar-refractivity contribution is 7.89. The zero-order chi connectivity index (χ0) is 20.9. The van der Waals surface area contributed by atoms with Crippen LogP contribution in [0.4, 0.5) is 5.69 Å². The monoisotopic (exact) mass is 428 g/mol. The van der Waals surface area contributed by atoms with E-state index in [0.717, 1.165) is 0 Å². The fourth-order valence-corrected chi connectivity index (χ4v) is 3.91. The Morgan fingerprint density at radius 1 is 1.00 bits per heavy atom. The fraction of sp³-hybridized carbons (Fsp3) is 0.278. The van der Waals surface area contributed by atoms with Crippen molar-refractivity contribution in [1.29, 1.82) is 0 Å². The summed E-state index contributed by atoms with van der Waals surface area (Å²) in [6.45, 7) is 1.85. The molecule has 0 aromatic heterocycles. The van der Waals surface area contributed by atoms with Gasteiger partial charge in [0, 0.05) is 24.2 Å². The predicted octanol–water partition coefficient (Wildman–Crippen LogP) is 2.92. The van der Waals surface area contributed by atoms with Gasteiger partial charge in [-0.05, 0) is 18.2 Å². The number of carbonyl (C=O) groups excluding carboxylic acids is 1. The third-order valence-corrected chi connectivity index (χ3v) is 5.63. The van der Waals surface area contributed by atoms with Gasteiger partial charge in [0.15, 0.2) is 0 Å². The third-order valence-electron chi connectivity index (χ3n) is 3.77. The van der Waals surface area contributed by atoms with Gasteiger partial charge in [-0.2, -0.15) is 0 Å². The Hall–Kier alpha value is -2.49. The van der Waals surface area contributed by atoms with E-state index in [9.17, 15) is 13.2 Å². The molecule has 2 aromatic rings. The van der Waals surface area contributed by atoms with Crippen molar-refractivity contribution in [2.75, 3.05) is 33.2 Å². The van der Waals surface area contributed by atoms with Crippen molar-refractivity contribution in [3.63, 3.8) is 0 Å². The molecule has 0 bridgehead atoms. The largest absolute Gasteiger partial charge is 0.495 e. The van der Waals surface area contributed by atoms with Gasteiger partial charge in [-0.15, -0.1) is 0 Å². The van der Waals surface area contributed by atoms with Crippen LogP contribution in [0.25, 0.3) is 0 Å². The highest BCUT2D eigenvalue weighted by atomic mass is 35.5. The van der Waals surface area contributed by atoms with Crippen LogP contribution in [-0.4, -0.2) is 42.2 Å². The van der Waals surface area contributed by atoms with Crippen LogP contribution in [0.5, 0.6) is 17.2 Å².